The Morgan fingerprint density at radius 2 is 1.16 bits per heavy atom. The molecular weight excluding hydrogens is 323 g/mol. The Labute approximate surface area is 152 Å². The molecule has 0 N–H and O–H groups in total. The predicted octanol–water partition coefficient (Wildman–Crippen LogP) is 4.79. The Bertz CT molecular complexity index is 727. The Morgan fingerprint density at radius 1 is 0.680 bits per heavy atom. The standard InChI is InChI=1S/C23H26OP/c1-3-4-19-25(21-11-7-5-8-12-21,22-13-9-6-10-14-22)23-17-15-20(24-2)16-18-23/h5-18H,3-4,19H2,1-2H3/q+1. The van der Waals surface area contributed by atoms with E-state index >= 15 is 0 Å². The normalized spacial score (nSPS) is 11.3. The van der Waals surface area contributed by atoms with Crippen molar-refractivity contribution in [2.75, 3.05) is 13.3 Å². The zero-order valence-electron chi connectivity index (χ0n) is 15.1. The van der Waals surface area contributed by atoms with Gasteiger partial charge < -0.3 is 4.74 Å². The first-order chi connectivity index (χ1) is 12.3. The third kappa shape index (κ3) is 3.62. The Balaban J connectivity index is 2.23. The molecule has 3 aromatic rings. The van der Waals surface area contributed by atoms with Crippen LogP contribution in [-0.2, 0) is 0 Å². The number of rotatable bonds is 7. The maximum Gasteiger partial charge on any atom is 0.119 e. The van der Waals surface area contributed by atoms with Crippen molar-refractivity contribution in [2.24, 2.45) is 0 Å². The lowest BCUT2D eigenvalue weighted by Gasteiger charge is -2.27. The molecule has 128 valence electrons. The van der Waals surface area contributed by atoms with E-state index in [4.69, 9.17) is 4.74 Å². The minimum absolute atomic E-state index is 0.915. The summed E-state index contributed by atoms with van der Waals surface area (Å²) in [5.41, 5.74) is 0. The zero-order chi connectivity index (χ0) is 17.5. The van der Waals surface area contributed by atoms with Crippen LogP contribution in [0.1, 0.15) is 19.8 Å². The van der Waals surface area contributed by atoms with E-state index < -0.39 is 7.26 Å². The largest absolute Gasteiger partial charge is 0.497 e. The van der Waals surface area contributed by atoms with Crippen LogP contribution in [0.3, 0.4) is 0 Å². The topological polar surface area (TPSA) is 9.23 Å². The van der Waals surface area contributed by atoms with Crippen molar-refractivity contribution >= 4 is 23.2 Å². The van der Waals surface area contributed by atoms with Crippen LogP contribution in [0.5, 0.6) is 5.75 Å². The monoisotopic (exact) mass is 349 g/mol. The summed E-state index contributed by atoms with van der Waals surface area (Å²) < 4.78 is 5.39. The summed E-state index contributed by atoms with van der Waals surface area (Å²) in [5, 5.41) is 4.35. The summed E-state index contributed by atoms with van der Waals surface area (Å²) in [7, 11) is 0.0694. The zero-order valence-corrected chi connectivity index (χ0v) is 16.0. The molecule has 0 aliphatic carbocycles. The maximum atomic E-state index is 5.39. The summed E-state index contributed by atoms with van der Waals surface area (Å²) in [6.07, 6.45) is 3.63. The lowest BCUT2D eigenvalue weighted by Crippen LogP contribution is -2.33. The number of hydrogen-bond acceptors (Lipinski definition) is 1. The van der Waals surface area contributed by atoms with Gasteiger partial charge in [-0.15, -0.1) is 0 Å². The fourth-order valence-corrected chi connectivity index (χ4v) is 7.91. The summed E-state index contributed by atoms with van der Waals surface area (Å²) in [6.45, 7) is 2.28. The van der Waals surface area contributed by atoms with Crippen LogP contribution in [0, 0.1) is 0 Å². The van der Waals surface area contributed by atoms with Gasteiger partial charge in [-0.25, -0.2) is 0 Å². The number of hydrogen-bond donors (Lipinski definition) is 0. The van der Waals surface area contributed by atoms with E-state index in [0.29, 0.717) is 0 Å². The molecule has 1 nitrogen and oxygen atoms in total. The van der Waals surface area contributed by atoms with Crippen molar-refractivity contribution in [1.29, 1.82) is 0 Å². The van der Waals surface area contributed by atoms with E-state index in [1.54, 1.807) is 7.11 Å². The predicted molar refractivity (Wildman–Crippen MR) is 111 cm³/mol. The minimum Gasteiger partial charge on any atom is -0.497 e. The van der Waals surface area contributed by atoms with Crippen molar-refractivity contribution in [3.8, 4) is 5.75 Å². The number of methoxy groups -OCH3 is 1. The number of benzene rings is 3. The first-order valence-electron chi connectivity index (χ1n) is 8.95. The van der Waals surface area contributed by atoms with Crippen LogP contribution in [0.4, 0.5) is 0 Å². The van der Waals surface area contributed by atoms with E-state index in [1.165, 1.54) is 34.9 Å². The molecule has 0 heterocycles. The third-order valence-corrected chi connectivity index (χ3v) is 9.28. The van der Waals surface area contributed by atoms with Crippen molar-refractivity contribution in [3.63, 3.8) is 0 Å². The van der Waals surface area contributed by atoms with Gasteiger partial charge in [-0.1, -0.05) is 49.7 Å². The van der Waals surface area contributed by atoms with Crippen LogP contribution in [-0.4, -0.2) is 13.3 Å². The van der Waals surface area contributed by atoms with E-state index in [1.807, 2.05) is 0 Å². The Hall–Kier alpha value is -2.11. The van der Waals surface area contributed by atoms with E-state index in [-0.39, 0.29) is 0 Å². The van der Waals surface area contributed by atoms with Crippen LogP contribution in [0.2, 0.25) is 0 Å². The molecule has 0 bridgehead atoms. The maximum absolute atomic E-state index is 5.39. The summed E-state index contributed by atoms with van der Waals surface area (Å²) in [5.74, 6) is 0.915. The molecule has 0 radical (unpaired) electrons. The third-order valence-electron chi connectivity index (χ3n) is 4.75. The molecule has 25 heavy (non-hydrogen) atoms. The SMILES string of the molecule is CCCC[P+](c1ccccc1)(c1ccccc1)c1ccc(OC)cc1. The summed E-state index contributed by atoms with van der Waals surface area (Å²) in [4.78, 5) is 0. The molecule has 3 aromatic carbocycles. The number of ether oxygens (including phenoxy) is 1. The molecule has 0 amide bonds. The van der Waals surface area contributed by atoms with E-state index in [0.717, 1.165) is 5.75 Å². The molecule has 2 heteroatoms. The smallest absolute Gasteiger partial charge is 0.119 e. The molecule has 0 aromatic heterocycles. The van der Waals surface area contributed by atoms with Crippen molar-refractivity contribution in [2.45, 2.75) is 19.8 Å². The van der Waals surface area contributed by atoms with Gasteiger partial charge in [0.05, 0.1) is 13.3 Å². The second-order valence-corrected chi connectivity index (χ2v) is 9.87. The lowest BCUT2D eigenvalue weighted by atomic mass is 10.3. The molecule has 0 aliphatic heterocycles. The highest BCUT2D eigenvalue weighted by atomic mass is 31.2. The van der Waals surface area contributed by atoms with Crippen LogP contribution in [0.25, 0.3) is 0 Å². The molecule has 0 saturated carbocycles. The van der Waals surface area contributed by atoms with Crippen molar-refractivity contribution in [1.82, 2.24) is 0 Å². The average Bonchev–Trinajstić information content (AvgIpc) is 2.71. The van der Waals surface area contributed by atoms with Gasteiger partial charge in [0.1, 0.15) is 28.9 Å². The van der Waals surface area contributed by atoms with Crippen molar-refractivity contribution in [3.05, 3.63) is 84.9 Å². The molecule has 0 atom stereocenters. The first-order valence-corrected chi connectivity index (χ1v) is 10.9. The van der Waals surface area contributed by atoms with Gasteiger partial charge in [0.2, 0.25) is 0 Å². The lowest BCUT2D eigenvalue weighted by molar-refractivity contribution is 0.415. The van der Waals surface area contributed by atoms with Gasteiger partial charge in [0.25, 0.3) is 0 Å². The second kappa shape index (κ2) is 8.32. The molecule has 0 spiro atoms. The Kier molecular flexibility index (Phi) is 5.89. The van der Waals surface area contributed by atoms with Gasteiger partial charge in [0, 0.05) is 0 Å². The highest BCUT2D eigenvalue weighted by Gasteiger charge is 2.44. The second-order valence-electron chi connectivity index (χ2n) is 6.26. The molecule has 0 aliphatic rings. The van der Waals surface area contributed by atoms with Gasteiger partial charge >= 0.3 is 0 Å². The number of unbranched alkanes of at least 4 members (excludes halogenated alkanes) is 1. The average molecular weight is 349 g/mol. The summed E-state index contributed by atoms with van der Waals surface area (Å²) in [6, 6.07) is 30.8. The van der Waals surface area contributed by atoms with Crippen LogP contribution >= 0.6 is 7.26 Å². The Morgan fingerprint density at radius 3 is 1.60 bits per heavy atom. The van der Waals surface area contributed by atoms with E-state index in [9.17, 15) is 0 Å². The van der Waals surface area contributed by atoms with Crippen LogP contribution < -0.4 is 20.7 Å². The highest BCUT2D eigenvalue weighted by molar-refractivity contribution is 7.95. The minimum atomic E-state index is -1.66. The molecule has 0 unspecified atom stereocenters. The van der Waals surface area contributed by atoms with Gasteiger partial charge in [-0.05, 0) is 55.0 Å². The quantitative estimate of drug-likeness (QED) is 0.557. The van der Waals surface area contributed by atoms with Gasteiger partial charge in [-0.3, -0.25) is 0 Å². The molecule has 3 rings (SSSR count). The van der Waals surface area contributed by atoms with Crippen LogP contribution in [0.15, 0.2) is 84.9 Å². The van der Waals surface area contributed by atoms with Crippen molar-refractivity contribution < 1.29 is 4.74 Å². The first kappa shape index (κ1) is 17.7. The van der Waals surface area contributed by atoms with Gasteiger partial charge in [0.15, 0.2) is 0 Å². The summed E-state index contributed by atoms with van der Waals surface area (Å²) >= 11 is 0. The molecule has 0 saturated heterocycles. The van der Waals surface area contributed by atoms with E-state index in [2.05, 4.69) is 91.9 Å². The fourth-order valence-electron chi connectivity index (χ4n) is 3.43. The molecule has 0 fully saturated rings. The molecular formula is C23H26OP+. The highest BCUT2D eigenvalue weighted by Crippen LogP contribution is 2.56. The fraction of sp³-hybridized carbons (Fsp3) is 0.217. The van der Waals surface area contributed by atoms with Gasteiger partial charge in [-0.2, -0.15) is 0 Å².